The van der Waals surface area contributed by atoms with Crippen molar-refractivity contribution in [2.75, 3.05) is 5.32 Å². The molecule has 0 unspecified atom stereocenters. The zero-order chi connectivity index (χ0) is 20.9. The quantitative estimate of drug-likeness (QED) is 0.685. The van der Waals surface area contributed by atoms with E-state index in [2.05, 4.69) is 15.7 Å². The highest BCUT2D eigenvalue weighted by molar-refractivity contribution is 5.97. The van der Waals surface area contributed by atoms with Crippen molar-refractivity contribution >= 4 is 17.7 Å². The number of carbonyl (C=O) groups excluding carboxylic acids is 2. The summed E-state index contributed by atoms with van der Waals surface area (Å²) in [5.41, 5.74) is 1.37. The number of nitrogens with zero attached hydrogens (tertiary/aromatic N) is 2. The van der Waals surface area contributed by atoms with Crippen molar-refractivity contribution in [2.24, 2.45) is 0 Å². The van der Waals surface area contributed by atoms with Gasteiger partial charge in [0.2, 0.25) is 0 Å². The van der Waals surface area contributed by atoms with E-state index in [0.29, 0.717) is 11.3 Å². The molecular weight excluding hydrogens is 368 g/mol. The first-order chi connectivity index (χ1) is 13.8. The number of carbonyl (C=O) groups is 2. The van der Waals surface area contributed by atoms with Crippen LogP contribution in [0.2, 0.25) is 0 Å². The number of hydrogen-bond donors (Lipinski definition) is 2. The van der Waals surface area contributed by atoms with Crippen molar-refractivity contribution in [2.45, 2.75) is 32.4 Å². The highest BCUT2D eigenvalue weighted by Gasteiger charge is 2.26. The molecule has 0 aliphatic carbocycles. The van der Waals surface area contributed by atoms with E-state index in [1.165, 1.54) is 0 Å². The third-order valence-electron chi connectivity index (χ3n) is 3.93. The molecule has 1 aromatic heterocycles. The topological polar surface area (TPSA) is 85.2 Å². The molecule has 0 radical (unpaired) electrons. The van der Waals surface area contributed by atoms with Gasteiger partial charge in [-0.3, -0.25) is 4.79 Å². The van der Waals surface area contributed by atoms with Crippen LogP contribution in [-0.4, -0.2) is 27.4 Å². The number of benzene rings is 2. The van der Waals surface area contributed by atoms with Crippen molar-refractivity contribution in [3.63, 3.8) is 0 Å². The van der Waals surface area contributed by atoms with Gasteiger partial charge in [-0.15, -0.1) is 0 Å². The molecule has 2 N–H and O–H groups in total. The van der Waals surface area contributed by atoms with E-state index in [-0.39, 0.29) is 0 Å². The average Bonchev–Trinajstić information content (AvgIpc) is 3.14. The lowest BCUT2D eigenvalue weighted by atomic mass is 10.1. The first-order valence-electron chi connectivity index (χ1n) is 9.27. The zero-order valence-electron chi connectivity index (χ0n) is 16.6. The minimum absolute atomic E-state index is 0.394. The van der Waals surface area contributed by atoms with E-state index in [1.54, 1.807) is 62.1 Å². The first kappa shape index (κ1) is 20.1. The lowest BCUT2D eigenvalue weighted by molar-refractivity contribution is -0.118. The van der Waals surface area contributed by atoms with Crippen LogP contribution < -0.4 is 10.6 Å². The summed E-state index contributed by atoms with van der Waals surface area (Å²) in [7, 11) is 0. The second-order valence-corrected chi connectivity index (χ2v) is 7.49. The Balaban J connectivity index is 1.76. The van der Waals surface area contributed by atoms with E-state index in [9.17, 15) is 9.59 Å². The highest BCUT2D eigenvalue weighted by atomic mass is 16.6. The monoisotopic (exact) mass is 392 g/mol. The molecule has 0 saturated carbocycles. The second-order valence-electron chi connectivity index (χ2n) is 7.49. The van der Waals surface area contributed by atoms with Crippen molar-refractivity contribution in [3.8, 4) is 5.69 Å². The molecule has 0 spiro atoms. The summed E-state index contributed by atoms with van der Waals surface area (Å²) >= 11 is 0. The number of rotatable bonds is 5. The van der Waals surface area contributed by atoms with Gasteiger partial charge < -0.3 is 15.4 Å². The van der Waals surface area contributed by atoms with Crippen LogP contribution in [0.4, 0.5) is 10.5 Å². The Bertz CT molecular complexity index is 962. The van der Waals surface area contributed by atoms with Gasteiger partial charge in [0.15, 0.2) is 0 Å². The molecule has 7 nitrogen and oxygen atoms in total. The minimum atomic E-state index is -0.911. The molecule has 2 amide bonds. The molecule has 7 heteroatoms. The lowest BCUT2D eigenvalue weighted by Gasteiger charge is -2.23. The Labute approximate surface area is 169 Å². The summed E-state index contributed by atoms with van der Waals surface area (Å²) in [5.74, 6) is -0.394. The van der Waals surface area contributed by atoms with Gasteiger partial charge in [-0.25, -0.2) is 9.48 Å². The standard InChI is InChI=1S/C22H24N4O3/c1-22(2,3)29-21(28)25-19(16-10-6-4-7-11-16)20(27)24-17-14-23-26(15-17)18-12-8-5-9-13-18/h4-15,19H,1-3H3,(H,24,27)(H,25,28)/t19-/m0/s1. The van der Waals surface area contributed by atoms with Crippen molar-refractivity contribution in [1.29, 1.82) is 0 Å². The van der Waals surface area contributed by atoms with Crippen molar-refractivity contribution in [1.82, 2.24) is 15.1 Å². The van der Waals surface area contributed by atoms with Gasteiger partial charge in [0, 0.05) is 0 Å². The molecule has 0 fully saturated rings. The molecule has 0 aliphatic heterocycles. The summed E-state index contributed by atoms with van der Waals surface area (Å²) in [4.78, 5) is 25.2. The van der Waals surface area contributed by atoms with Crippen LogP contribution in [0.15, 0.2) is 73.1 Å². The number of hydrogen-bond acceptors (Lipinski definition) is 4. The van der Waals surface area contributed by atoms with Crippen LogP contribution in [0, 0.1) is 0 Å². The molecule has 0 aliphatic rings. The summed E-state index contributed by atoms with van der Waals surface area (Å²) in [6.45, 7) is 5.30. The Morgan fingerprint density at radius 3 is 2.24 bits per heavy atom. The molecule has 150 valence electrons. The van der Waals surface area contributed by atoms with Gasteiger partial charge in [0.05, 0.1) is 23.8 Å². The van der Waals surface area contributed by atoms with E-state index >= 15 is 0 Å². The van der Waals surface area contributed by atoms with E-state index in [1.807, 2.05) is 36.4 Å². The maximum Gasteiger partial charge on any atom is 0.408 e. The van der Waals surface area contributed by atoms with E-state index in [0.717, 1.165) is 5.69 Å². The van der Waals surface area contributed by atoms with Gasteiger partial charge in [-0.05, 0) is 38.5 Å². The molecule has 2 aromatic carbocycles. The summed E-state index contributed by atoms with van der Waals surface area (Å²) in [5, 5.41) is 9.73. The van der Waals surface area contributed by atoms with E-state index in [4.69, 9.17) is 4.74 Å². The van der Waals surface area contributed by atoms with Gasteiger partial charge in [0.25, 0.3) is 5.91 Å². The lowest BCUT2D eigenvalue weighted by Crippen LogP contribution is -2.40. The number of ether oxygens (including phenoxy) is 1. The van der Waals surface area contributed by atoms with E-state index < -0.39 is 23.6 Å². The molecule has 29 heavy (non-hydrogen) atoms. The van der Waals surface area contributed by atoms with Crippen molar-refractivity contribution in [3.05, 3.63) is 78.6 Å². The molecule has 1 heterocycles. The number of anilines is 1. The number of para-hydroxylation sites is 1. The van der Waals surface area contributed by atoms with Gasteiger partial charge in [-0.1, -0.05) is 48.5 Å². The maximum atomic E-state index is 12.9. The molecule has 3 rings (SSSR count). The summed E-state index contributed by atoms with van der Waals surface area (Å²) in [6.07, 6.45) is 2.60. The van der Waals surface area contributed by atoms with Crippen LogP contribution >= 0.6 is 0 Å². The van der Waals surface area contributed by atoms with Crippen molar-refractivity contribution < 1.29 is 14.3 Å². The molecular formula is C22H24N4O3. The van der Waals surface area contributed by atoms with Gasteiger partial charge in [0.1, 0.15) is 11.6 Å². The van der Waals surface area contributed by atoms with Crippen LogP contribution in [0.5, 0.6) is 0 Å². The van der Waals surface area contributed by atoms with Crippen LogP contribution in [0.1, 0.15) is 32.4 Å². The fraction of sp³-hybridized carbons (Fsp3) is 0.227. The molecule has 0 saturated heterocycles. The number of nitrogens with one attached hydrogen (secondary N) is 2. The minimum Gasteiger partial charge on any atom is -0.444 e. The second kappa shape index (κ2) is 8.60. The highest BCUT2D eigenvalue weighted by Crippen LogP contribution is 2.18. The molecule has 3 aromatic rings. The maximum absolute atomic E-state index is 12.9. The third-order valence-corrected chi connectivity index (χ3v) is 3.93. The van der Waals surface area contributed by atoms with Gasteiger partial charge >= 0.3 is 6.09 Å². The van der Waals surface area contributed by atoms with Crippen LogP contribution in [0.25, 0.3) is 5.69 Å². The largest absolute Gasteiger partial charge is 0.444 e. The number of aromatic nitrogens is 2. The predicted octanol–water partition coefficient (Wildman–Crippen LogP) is 4.08. The Kier molecular flexibility index (Phi) is 5.97. The Morgan fingerprint density at radius 1 is 1.00 bits per heavy atom. The molecule has 0 bridgehead atoms. The summed E-state index contributed by atoms with van der Waals surface area (Å²) < 4.78 is 6.97. The normalized spacial score (nSPS) is 12.1. The molecule has 1 atom stereocenters. The number of amides is 2. The Hall–Kier alpha value is -3.61. The zero-order valence-corrected chi connectivity index (χ0v) is 16.6. The fourth-order valence-corrected chi connectivity index (χ4v) is 2.69. The van der Waals surface area contributed by atoms with Crippen LogP contribution in [-0.2, 0) is 9.53 Å². The van der Waals surface area contributed by atoms with Gasteiger partial charge in [-0.2, -0.15) is 5.10 Å². The predicted molar refractivity (Wildman–Crippen MR) is 111 cm³/mol. The average molecular weight is 392 g/mol. The first-order valence-corrected chi connectivity index (χ1v) is 9.27. The fourth-order valence-electron chi connectivity index (χ4n) is 2.69. The smallest absolute Gasteiger partial charge is 0.408 e. The summed E-state index contributed by atoms with van der Waals surface area (Å²) in [6, 6.07) is 17.6. The SMILES string of the molecule is CC(C)(C)OC(=O)N[C@H](C(=O)Nc1cnn(-c2ccccc2)c1)c1ccccc1. The third kappa shape index (κ3) is 5.68. The number of alkyl carbamates (subject to hydrolysis) is 1. The Morgan fingerprint density at radius 2 is 1.62 bits per heavy atom. The van der Waals surface area contributed by atoms with Crippen LogP contribution in [0.3, 0.4) is 0 Å².